The Morgan fingerprint density at radius 1 is 0.952 bits per heavy atom. The van der Waals surface area contributed by atoms with Crippen molar-refractivity contribution in [3.05, 3.63) is 60.8 Å². The zero-order valence-electron chi connectivity index (χ0n) is 11.5. The minimum atomic E-state index is 0.0764. The molecule has 0 atom stereocenters. The first-order valence-electron chi connectivity index (χ1n) is 7.13. The number of para-hydroxylation sites is 1. The lowest BCUT2D eigenvalue weighted by atomic mass is 10.0. The number of aryl methyl sites for hydroxylation is 1. The SMILES string of the molecule is O=C1CC[n+]2ccc(-c3ccccc3)c3cccc(c32)N1. The van der Waals surface area contributed by atoms with E-state index >= 15 is 0 Å². The quantitative estimate of drug-likeness (QED) is 0.680. The number of nitrogens with one attached hydrogen (secondary N) is 1. The summed E-state index contributed by atoms with van der Waals surface area (Å²) in [4.78, 5) is 11.8. The highest BCUT2D eigenvalue weighted by atomic mass is 16.1. The summed E-state index contributed by atoms with van der Waals surface area (Å²) in [6, 6.07) is 18.6. The second kappa shape index (κ2) is 4.70. The fraction of sp³-hybridized carbons (Fsp3) is 0.111. The first-order chi connectivity index (χ1) is 10.3. The summed E-state index contributed by atoms with van der Waals surface area (Å²) >= 11 is 0. The van der Waals surface area contributed by atoms with Crippen molar-refractivity contribution in [1.29, 1.82) is 0 Å². The number of pyridine rings is 1. The van der Waals surface area contributed by atoms with Gasteiger partial charge < -0.3 is 5.32 Å². The number of aromatic nitrogens is 1. The van der Waals surface area contributed by atoms with Gasteiger partial charge in [0.15, 0.2) is 12.7 Å². The minimum Gasteiger partial charge on any atom is -0.320 e. The average molecular weight is 275 g/mol. The number of anilines is 1. The summed E-state index contributed by atoms with van der Waals surface area (Å²) in [6.07, 6.45) is 2.59. The molecule has 1 N–H and O–H groups in total. The number of carbonyl (C=O) groups excluding carboxylic acids is 1. The van der Waals surface area contributed by atoms with Crippen LogP contribution in [0.2, 0.25) is 0 Å². The highest BCUT2D eigenvalue weighted by Gasteiger charge is 2.22. The molecule has 1 aromatic heterocycles. The Bertz CT molecular complexity index is 840. The molecule has 1 amide bonds. The third kappa shape index (κ3) is 1.98. The van der Waals surface area contributed by atoms with Gasteiger partial charge in [-0.1, -0.05) is 36.4 Å². The van der Waals surface area contributed by atoms with Gasteiger partial charge in [-0.25, -0.2) is 0 Å². The van der Waals surface area contributed by atoms with Crippen molar-refractivity contribution in [2.45, 2.75) is 13.0 Å². The molecule has 102 valence electrons. The molecule has 0 radical (unpaired) electrons. The largest absolute Gasteiger partial charge is 0.320 e. The Morgan fingerprint density at radius 2 is 1.81 bits per heavy atom. The van der Waals surface area contributed by atoms with E-state index in [2.05, 4.69) is 40.3 Å². The van der Waals surface area contributed by atoms with E-state index in [4.69, 9.17) is 0 Å². The van der Waals surface area contributed by atoms with Crippen LogP contribution in [0.15, 0.2) is 60.8 Å². The molecular formula is C18H15N2O+. The van der Waals surface area contributed by atoms with Crippen molar-refractivity contribution >= 4 is 22.5 Å². The van der Waals surface area contributed by atoms with Crippen molar-refractivity contribution in [3.63, 3.8) is 0 Å². The number of benzene rings is 2. The van der Waals surface area contributed by atoms with Crippen LogP contribution in [-0.4, -0.2) is 5.91 Å². The maximum absolute atomic E-state index is 11.8. The van der Waals surface area contributed by atoms with Crippen LogP contribution in [0.5, 0.6) is 0 Å². The van der Waals surface area contributed by atoms with E-state index in [1.807, 2.05) is 30.3 Å². The third-order valence-corrected chi connectivity index (χ3v) is 3.97. The summed E-state index contributed by atoms with van der Waals surface area (Å²) in [5, 5.41) is 4.18. The predicted octanol–water partition coefficient (Wildman–Crippen LogP) is 3.14. The number of hydrogen-bond acceptors (Lipinski definition) is 1. The molecule has 2 heterocycles. The monoisotopic (exact) mass is 275 g/mol. The van der Waals surface area contributed by atoms with E-state index in [0.29, 0.717) is 13.0 Å². The lowest BCUT2D eigenvalue weighted by Gasteiger charge is -2.08. The van der Waals surface area contributed by atoms with Gasteiger partial charge in [0.25, 0.3) is 0 Å². The van der Waals surface area contributed by atoms with Crippen LogP contribution in [-0.2, 0) is 11.3 Å². The Labute approximate surface area is 122 Å². The van der Waals surface area contributed by atoms with E-state index in [9.17, 15) is 4.79 Å². The maximum atomic E-state index is 11.8. The molecule has 3 heteroatoms. The van der Waals surface area contributed by atoms with Crippen LogP contribution >= 0.6 is 0 Å². The van der Waals surface area contributed by atoms with Crippen LogP contribution < -0.4 is 9.88 Å². The number of rotatable bonds is 1. The van der Waals surface area contributed by atoms with Crippen LogP contribution in [0, 0.1) is 0 Å². The number of hydrogen-bond donors (Lipinski definition) is 1. The molecule has 1 aliphatic heterocycles. The Balaban J connectivity index is 2.05. The predicted molar refractivity (Wildman–Crippen MR) is 82.8 cm³/mol. The normalized spacial score (nSPS) is 13.8. The van der Waals surface area contributed by atoms with E-state index in [1.165, 1.54) is 16.5 Å². The molecule has 1 aliphatic rings. The molecule has 2 aromatic carbocycles. The van der Waals surface area contributed by atoms with Crippen molar-refractivity contribution in [2.75, 3.05) is 5.32 Å². The molecule has 0 unspecified atom stereocenters. The molecule has 0 aliphatic carbocycles. The van der Waals surface area contributed by atoms with Gasteiger partial charge in [-0.2, -0.15) is 4.57 Å². The summed E-state index contributed by atoms with van der Waals surface area (Å²) in [6.45, 7) is 0.717. The van der Waals surface area contributed by atoms with Gasteiger partial charge in [-0.05, 0) is 17.7 Å². The van der Waals surface area contributed by atoms with E-state index in [0.717, 1.165) is 11.2 Å². The summed E-state index contributed by atoms with van der Waals surface area (Å²) in [5.74, 6) is 0.0764. The zero-order chi connectivity index (χ0) is 14.2. The van der Waals surface area contributed by atoms with Crippen molar-refractivity contribution < 1.29 is 9.36 Å². The smallest absolute Gasteiger partial charge is 0.236 e. The molecule has 0 bridgehead atoms. The molecule has 4 rings (SSSR count). The van der Waals surface area contributed by atoms with Gasteiger partial charge in [0.2, 0.25) is 11.4 Å². The van der Waals surface area contributed by atoms with Crippen molar-refractivity contribution in [1.82, 2.24) is 0 Å². The zero-order valence-corrected chi connectivity index (χ0v) is 11.5. The Kier molecular flexibility index (Phi) is 2.71. The highest BCUT2D eigenvalue weighted by molar-refractivity contribution is 6.03. The summed E-state index contributed by atoms with van der Waals surface area (Å²) in [5.41, 5.74) is 4.38. The van der Waals surface area contributed by atoms with Crippen LogP contribution in [0.25, 0.3) is 22.0 Å². The number of amides is 1. The van der Waals surface area contributed by atoms with Gasteiger partial charge in [0.05, 0.1) is 11.8 Å². The highest BCUT2D eigenvalue weighted by Crippen LogP contribution is 2.30. The fourth-order valence-corrected chi connectivity index (χ4v) is 2.99. The maximum Gasteiger partial charge on any atom is 0.236 e. The van der Waals surface area contributed by atoms with Gasteiger partial charge in [-0.3, -0.25) is 4.79 Å². The standard InChI is InChI=1S/C18H14N2O/c21-17-10-12-20-11-9-14(13-5-2-1-3-6-13)15-7-4-8-16(19-17)18(15)20/h1-9,11H,10,12H2/p+1. The fourth-order valence-electron chi connectivity index (χ4n) is 2.99. The average Bonchev–Trinajstić information content (AvgIpc) is 2.69. The summed E-state index contributed by atoms with van der Waals surface area (Å²) in [7, 11) is 0. The molecule has 21 heavy (non-hydrogen) atoms. The van der Waals surface area contributed by atoms with Crippen molar-refractivity contribution in [3.8, 4) is 11.1 Å². The van der Waals surface area contributed by atoms with E-state index < -0.39 is 0 Å². The van der Waals surface area contributed by atoms with Crippen LogP contribution in [0.4, 0.5) is 5.69 Å². The third-order valence-electron chi connectivity index (χ3n) is 3.97. The number of carbonyl (C=O) groups is 1. The topological polar surface area (TPSA) is 33.0 Å². The molecule has 3 nitrogen and oxygen atoms in total. The first-order valence-corrected chi connectivity index (χ1v) is 7.13. The van der Waals surface area contributed by atoms with Crippen molar-refractivity contribution in [2.24, 2.45) is 0 Å². The van der Waals surface area contributed by atoms with Crippen LogP contribution in [0.1, 0.15) is 6.42 Å². The number of nitrogens with zero attached hydrogens (tertiary/aromatic N) is 1. The second-order valence-corrected chi connectivity index (χ2v) is 5.29. The molecule has 0 saturated heterocycles. The van der Waals surface area contributed by atoms with Gasteiger partial charge in [0, 0.05) is 11.6 Å². The molecular weight excluding hydrogens is 260 g/mol. The molecule has 0 spiro atoms. The van der Waals surface area contributed by atoms with Gasteiger partial charge in [0.1, 0.15) is 5.69 Å². The van der Waals surface area contributed by atoms with E-state index in [-0.39, 0.29) is 5.91 Å². The summed E-state index contributed by atoms with van der Waals surface area (Å²) < 4.78 is 2.16. The first kappa shape index (κ1) is 12.1. The lowest BCUT2D eigenvalue weighted by Crippen LogP contribution is -2.34. The van der Waals surface area contributed by atoms with Gasteiger partial charge in [-0.15, -0.1) is 0 Å². The lowest BCUT2D eigenvalue weighted by molar-refractivity contribution is -0.669. The van der Waals surface area contributed by atoms with Crippen LogP contribution in [0.3, 0.4) is 0 Å². The Morgan fingerprint density at radius 3 is 2.67 bits per heavy atom. The van der Waals surface area contributed by atoms with E-state index in [1.54, 1.807) is 0 Å². The van der Waals surface area contributed by atoms with Gasteiger partial charge >= 0.3 is 0 Å². The minimum absolute atomic E-state index is 0.0764. The molecule has 3 aromatic rings. The molecule has 0 fully saturated rings. The molecule has 0 saturated carbocycles. The Hall–Kier alpha value is -2.68. The second-order valence-electron chi connectivity index (χ2n) is 5.29.